The number of hydrogen-bond acceptors (Lipinski definition) is 6. The third-order valence-corrected chi connectivity index (χ3v) is 4.50. The van der Waals surface area contributed by atoms with Crippen LogP contribution in [0.2, 0.25) is 0 Å². The minimum absolute atomic E-state index is 0.0781. The monoisotopic (exact) mass is 402 g/mol. The average molecular weight is 402 g/mol. The molecule has 4 aromatic rings. The predicted octanol–water partition coefficient (Wildman–Crippen LogP) is 5.12. The van der Waals surface area contributed by atoms with Gasteiger partial charge in [0.25, 0.3) is 0 Å². The molecule has 6 heteroatoms. The summed E-state index contributed by atoms with van der Waals surface area (Å²) < 4.78 is 21.6. The van der Waals surface area contributed by atoms with E-state index in [9.17, 15) is 9.59 Å². The van der Waals surface area contributed by atoms with Crippen molar-refractivity contribution < 1.29 is 23.4 Å². The van der Waals surface area contributed by atoms with Crippen molar-refractivity contribution in [3.05, 3.63) is 94.3 Å². The topological polar surface area (TPSA) is 75.0 Å². The van der Waals surface area contributed by atoms with Crippen molar-refractivity contribution in [2.75, 3.05) is 7.11 Å². The summed E-state index contributed by atoms with van der Waals surface area (Å²) in [5.41, 5.74) is 1.44. The molecule has 0 amide bonds. The second-order valence-electron chi connectivity index (χ2n) is 6.62. The standard InChI is InChI=1S/C24H18O6/c1-15-3-7-18(8-4-15)29-22-14-28-21-13-19(11-12-20(21)23(22)25)30-24(26)16-5-9-17(27-2)10-6-16/h3-14H,1-2H3. The fraction of sp³-hybridized carbons (Fsp3) is 0.0833. The molecule has 0 saturated carbocycles. The lowest BCUT2D eigenvalue weighted by atomic mass is 10.2. The van der Waals surface area contributed by atoms with E-state index < -0.39 is 5.97 Å². The van der Waals surface area contributed by atoms with Crippen molar-refractivity contribution in [3.8, 4) is 23.0 Å². The Morgan fingerprint density at radius 2 is 1.53 bits per heavy atom. The number of rotatable bonds is 5. The smallest absolute Gasteiger partial charge is 0.343 e. The summed E-state index contributed by atoms with van der Waals surface area (Å²) >= 11 is 0. The van der Waals surface area contributed by atoms with E-state index in [4.69, 9.17) is 18.6 Å². The summed E-state index contributed by atoms with van der Waals surface area (Å²) in [5, 5.41) is 0.323. The fourth-order valence-corrected chi connectivity index (χ4v) is 2.85. The number of methoxy groups -OCH3 is 1. The van der Waals surface area contributed by atoms with Crippen LogP contribution in [0.5, 0.6) is 23.0 Å². The lowest BCUT2D eigenvalue weighted by Crippen LogP contribution is -2.09. The summed E-state index contributed by atoms with van der Waals surface area (Å²) in [6.45, 7) is 1.97. The molecule has 3 aromatic carbocycles. The first-order chi connectivity index (χ1) is 14.5. The van der Waals surface area contributed by atoms with E-state index >= 15 is 0 Å². The lowest BCUT2D eigenvalue weighted by Gasteiger charge is -2.08. The number of hydrogen-bond donors (Lipinski definition) is 0. The largest absolute Gasteiger partial charge is 0.497 e. The molecule has 0 fully saturated rings. The molecule has 0 unspecified atom stereocenters. The molecule has 0 bridgehead atoms. The molecule has 1 aromatic heterocycles. The Kier molecular flexibility index (Phi) is 5.22. The van der Waals surface area contributed by atoms with E-state index in [1.54, 1.807) is 49.6 Å². The van der Waals surface area contributed by atoms with Gasteiger partial charge in [-0.3, -0.25) is 4.79 Å². The number of esters is 1. The summed E-state index contributed by atoms with van der Waals surface area (Å²) in [6.07, 6.45) is 1.25. The van der Waals surface area contributed by atoms with Crippen LogP contribution in [0.4, 0.5) is 0 Å². The van der Waals surface area contributed by atoms with Gasteiger partial charge in [-0.15, -0.1) is 0 Å². The van der Waals surface area contributed by atoms with E-state index in [1.165, 1.54) is 18.4 Å². The Balaban J connectivity index is 1.56. The molecule has 0 aliphatic heterocycles. The first kappa shape index (κ1) is 19.3. The third-order valence-electron chi connectivity index (χ3n) is 4.50. The number of aryl methyl sites for hydroxylation is 1. The summed E-state index contributed by atoms with van der Waals surface area (Å²) in [5.74, 6) is 0.992. The van der Waals surface area contributed by atoms with Gasteiger partial charge in [-0.25, -0.2) is 4.79 Å². The summed E-state index contributed by atoms with van der Waals surface area (Å²) in [6, 6.07) is 18.5. The van der Waals surface area contributed by atoms with Crippen molar-refractivity contribution in [2.24, 2.45) is 0 Å². The first-order valence-electron chi connectivity index (χ1n) is 9.20. The zero-order chi connectivity index (χ0) is 21.1. The molecule has 30 heavy (non-hydrogen) atoms. The number of benzene rings is 3. The van der Waals surface area contributed by atoms with Crippen molar-refractivity contribution in [3.63, 3.8) is 0 Å². The Morgan fingerprint density at radius 1 is 0.867 bits per heavy atom. The van der Waals surface area contributed by atoms with E-state index in [-0.39, 0.29) is 22.5 Å². The molecule has 0 radical (unpaired) electrons. The minimum atomic E-state index is -0.529. The Hall–Kier alpha value is -4.06. The quantitative estimate of drug-likeness (QED) is 0.341. The molecule has 150 valence electrons. The zero-order valence-corrected chi connectivity index (χ0v) is 16.4. The normalized spacial score (nSPS) is 10.6. The van der Waals surface area contributed by atoms with Gasteiger partial charge >= 0.3 is 5.97 Å². The SMILES string of the molecule is COc1ccc(C(=O)Oc2ccc3c(=O)c(Oc4ccc(C)cc4)coc3c2)cc1. The highest BCUT2D eigenvalue weighted by Gasteiger charge is 2.13. The molecule has 6 nitrogen and oxygen atoms in total. The van der Waals surface area contributed by atoms with Gasteiger partial charge in [0.05, 0.1) is 18.1 Å². The molecule has 4 rings (SSSR count). The van der Waals surface area contributed by atoms with Crippen LogP contribution in [0.15, 0.2) is 82.2 Å². The van der Waals surface area contributed by atoms with Gasteiger partial charge in [-0.05, 0) is 55.5 Å². The maximum absolute atomic E-state index is 12.7. The number of carbonyl (C=O) groups excluding carboxylic acids is 1. The number of carbonyl (C=O) groups is 1. The van der Waals surface area contributed by atoms with E-state index in [0.29, 0.717) is 22.4 Å². The van der Waals surface area contributed by atoms with Crippen molar-refractivity contribution in [1.82, 2.24) is 0 Å². The highest BCUT2D eigenvalue weighted by Crippen LogP contribution is 2.25. The minimum Gasteiger partial charge on any atom is -0.497 e. The van der Waals surface area contributed by atoms with Crippen LogP contribution in [0.3, 0.4) is 0 Å². The fourth-order valence-electron chi connectivity index (χ4n) is 2.85. The van der Waals surface area contributed by atoms with Gasteiger partial charge < -0.3 is 18.6 Å². The third kappa shape index (κ3) is 4.03. The van der Waals surface area contributed by atoms with Crippen LogP contribution in [0.1, 0.15) is 15.9 Å². The lowest BCUT2D eigenvalue weighted by molar-refractivity contribution is 0.0735. The van der Waals surface area contributed by atoms with Gasteiger partial charge in [-0.2, -0.15) is 0 Å². The Morgan fingerprint density at radius 3 is 2.23 bits per heavy atom. The number of fused-ring (bicyclic) bond motifs is 1. The van der Waals surface area contributed by atoms with E-state index in [2.05, 4.69) is 0 Å². The number of ether oxygens (including phenoxy) is 3. The molecule has 0 spiro atoms. The second-order valence-corrected chi connectivity index (χ2v) is 6.62. The zero-order valence-electron chi connectivity index (χ0n) is 16.4. The van der Waals surface area contributed by atoms with Crippen LogP contribution in [-0.2, 0) is 0 Å². The molecule has 0 saturated heterocycles. The van der Waals surface area contributed by atoms with Crippen LogP contribution < -0.4 is 19.6 Å². The van der Waals surface area contributed by atoms with Crippen LogP contribution >= 0.6 is 0 Å². The van der Waals surface area contributed by atoms with Crippen molar-refractivity contribution in [1.29, 1.82) is 0 Å². The molecular formula is C24H18O6. The molecular weight excluding hydrogens is 384 g/mol. The van der Waals surface area contributed by atoms with Gasteiger partial charge in [-0.1, -0.05) is 17.7 Å². The maximum Gasteiger partial charge on any atom is 0.343 e. The van der Waals surface area contributed by atoms with E-state index in [0.717, 1.165) is 5.56 Å². The molecule has 0 aliphatic carbocycles. The highest BCUT2D eigenvalue weighted by molar-refractivity contribution is 5.91. The van der Waals surface area contributed by atoms with Gasteiger partial charge in [0, 0.05) is 6.07 Å². The van der Waals surface area contributed by atoms with Gasteiger partial charge in [0.15, 0.2) is 0 Å². The van der Waals surface area contributed by atoms with Gasteiger partial charge in [0.1, 0.15) is 29.1 Å². The summed E-state index contributed by atoms with van der Waals surface area (Å²) in [7, 11) is 1.55. The molecule has 0 N–H and O–H groups in total. The highest BCUT2D eigenvalue weighted by atomic mass is 16.5. The van der Waals surface area contributed by atoms with Crippen LogP contribution in [0.25, 0.3) is 11.0 Å². The van der Waals surface area contributed by atoms with Crippen LogP contribution in [-0.4, -0.2) is 13.1 Å². The molecule has 0 aliphatic rings. The van der Waals surface area contributed by atoms with Crippen molar-refractivity contribution >= 4 is 16.9 Å². The second kappa shape index (κ2) is 8.13. The Labute approximate surface area is 172 Å². The maximum atomic E-state index is 12.7. The van der Waals surface area contributed by atoms with Gasteiger partial charge in [0.2, 0.25) is 11.2 Å². The first-order valence-corrected chi connectivity index (χ1v) is 9.20. The van der Waals surface area contributed by atoms with E-state index in [1.807, 2.05) is 19.1 Å². The predicted molar refractivity (Wildman–Crippen MR) is 112 cm³/mol. The average Bonchev–Trinajstić information content (AvgIpc) is 2.77. The van der Waals surface area contributed by atoms with Crippen LogP contribution in [0, 0.1) is 6.92 Å². The molecule has 1 heterocycles. The van der Waals surface area contributed by atoms with Crippen molar-refractivity contribution in [2.45, 2.75) is 6.92 Å². The molecule has 0 atom stereocenters. The summed E-state index contributed by atoms with van der Waals surface area (Å²) in [4.78, 5) is 25.0. The Bertz CT molecular complexity index is 1250.